The lowest BCUT2D eigenvalue weighted by atomic mass is 9.80. The molecule has 1 aromatic heterocycles. The van der Waals surface area contributed by atoms with Crippen LogP contribution in [0.2, 0.25) is 0 Å². The summed E-state index contributed by atoms with van der Waals surface area (Å²) >= 11 is 0. The van der Waals surface area contributed by atoms with Crippen molar-refractivity contribution in [2.24, 2.45) is 5.41 Å². The molecule has 3 aliphatic heterocycles. The molecule has 4 rings (SSSR count). The molecule has 2 atom stereocenters. The van der Waals surface area contributed by atoms with Crippen LogP contribution in [0.15, 0.2) is 12.4 Å². The molecule has 1 spiro atoms. The Kier molecular flexibility index (Phi) is 6.06. The minimum absolute atomic E-state index is 0.0644. The smallest absolute Gasteiger partial charge is 0.434 e. The Bertz CT molecular complexity index is 888. The number of hydrogen-bond donors (Lipinski definition) is 2. The van der Waals surface area contributed by atoms with E-state index in [-0.39, 0.29) is 44.1 Å². The zero-order valence-electron chi connectivity index (χ0n) is 17.3. The van der Waals surface area contributed by atoms with Gasteiger partial charge in [-0.15, -0.1) is 0 Å². The summed E-state index contributed by atoms with van der Waals surface area (Å²) in [5, 5.41) is 5.49. The SMILES string of the molecule is O=C1CCCC2(CCN(c3ncc(C4CCNCC4)cn3)C2OC(=O)C(F)(F)F)C(=O)N1. The first kappa shape index (κ1) is 22.4. The van der Waals surface area contributed by atoms with Crippen LogP contribution < -0.4 is 15.5 Å². The van der Waals surface area contributed by atoms with Gasteiger partial charge in [-0.2, -0.15) is 13.2 Å². The molecule has 3 fully saturated rings. The molecular weight excluding hydrogens is 431 g/mol. The Morgan fingerprint density at radius 2 is 1.84 bits per heavy atom. The lowest BCUT2D eigenvalue weighted by Crippen LogP contribution is -2.53. The summed E-state index contributed by atoms with van der Waals surface area (Å²) in [6.07, 6.45) is -1.16. The van der Waals surface area contributed by atoms with Crippen LogP contribution in [0, 0.1) is 5.41 Å². The number of ether oxygens (including phenoxy) is 1. The largest absolute Gasteiger partial charge is 0.491 e. The van der Waals surface area contributed by atoms with E-state index in [4.69, 9.17) is 4.74 Å². The van der Waals surface area contributed by atoms with Crippen molar-refractivity contribution >= 4 is 23.7 Å². The van der Waals surface area contributed by atoms with Crippen molar-refractivity contribution in [3.8, 4) is 0 Å². The van der Waals surface area contributed by atoms with Crippen molar-refractivity contribution in [2.45, 2.75) is 56.8 Å². The fraction of sp³-hybridized carbons (Fsp3) is 0.650. The third-order valence-electron chi connectivity index (χ3n) is 6.46. The molecule has 0 radical (unpaired) electrons. The van der Waals surface area contributed by atoms with Crippen LogP contribution in [0.25, 0.3) is 0 Å². The molecule has 2 N–H and O–H groups in total. The van der Waals surface area contributed by atoms with Crippen LogP contribution in [0.3, 0.4) is 0 Å². The van der Waals surface area contributed by atoms with E-state index in [1.165, 1.54) is 4.90 Å². The number of carbonyl (C=O) groups is 3. The zero-order chi connectivity index (χ0) is 22.9. The average Bonchev–Trinajstić information content (AvgIpc) is 3.05. The number of rotatable bonds is 3. The van der Waals surface area contributed by atoms with Crippen LogP contribution in [0.5, 0.6) is 0 Å². The third kappa shape index (κ3) is 4.27. The quantitative estimate of drug-likeness (QED) is 0.520. The standard InChI is InChI=1S/C20H24F3N5O4/c21-20(22,23)17(31)32-16-19(5-1-2-14(29)27-15(19)30)6-9-28(16)18-25-10-13(11-26-18)12-3-7-24-8-4-12/h10-12,16,24H,1-9H2,(H,27,29,30). The van der Waals surface area contributed by atoms with Gasteiger partial charge in [-0.1, -0.05) is 0 Å². The highest BCUT2D eigenvalue weighted by Crippen LogP contribution is 2.45. The maximum absolute atomic E-state index is 13.0. The van der Waals surface area contributed by atoms with Crippen LogP contribution in [0.4, 0.5) is 19.1 Å². The second-order valence-electron chi connectivity index (χ2n) is 8.43. The van der Waals surface area contributed by atoms with Gasteiger partial charge >= 0.3 is 12.1 Å². The van der Waals surface area contributed by atoms with Crippen LogP contribution in [-0.2, 0) is 19.1 Å². The highest BCUT2D eigenvalue weighted by atomic mass is 19.4. The van der Waals surface area contributed by atoms with E-state index in [0.717, 1.165) is 31.5 Å². The number of piperidine rings is 1. The van der Waals surface area contributed by atoms with Gasteiger partial charge in [0.05, 0.1) is 0 Å². The minimum Gasteiger partial charge on any atom is -0.434 e. The van der Waals surface area contributed by atoms with Gasteiger partial charge in [0.15, 0.2) is 6.23 Å². The molecule has 0 saturated carbocycles. The van der Waals surface area contributed by atoms with E-state index in [2.05, 4.69) is 20.6 Å². The molecule has 174 valence electrons. The topological polar surface area (TPSA) is 114 Å². The number of nitrogens with zero attached hydrogens (tertiary/aromatic N) is 3. The summed E-state index contributed by atoms with van der Waals surface area (Å²) in [5.74, 6) is -3.29. The highest BCUT2D eigenvalue weighted by Gasteiger charge is 2.58. The molecule has 3 aliphatic rings. The molecule has 1 aromatic rings. The number of amides is 2. The molecule has 0 aliphatic carbocycles. The molecule has 9 nitrogen and oxygen atoms in total. The number of nitrogens with one attached hydrogen (secondary N) is 2. The van der Waals surface area contributed by atoms with E-state index in [1.807, 2.05) is 0 Å². The van der Waals surface area contributed by atoms with E-state index in [1.54, 1.807) is 12.4 Å². The maximum atomic E-state index is 13.0. The second-order valence-corrected chi connectivity index (χ2v) is 8.43. The molecule has 3 saturated heterocycles. The molecule has 2 unspecified atom stereocenters. The molecule has 32 heavy (non-hydrogen) atoms. The van der Waals surface area contributed by atoms with Crippen LogP contribution in [0.1, 0.15) is 50.0 Å². The Labute approximate surface area is 182 Å². The van der Waals surface area contributed by atoms with Gasteiger partial charge in [-0.05, 0) is 56.7 Å². The Hall–Kier alpha value is -2.76. The molecular formula is C20H24F3N5O4. The van der Waals surface area contributed by atoms with Crippen molar-refractivity contribution in [3.63, 3.8) is 0 Å². The van der Waals surface area contributed by atoms with Crippen molar-refractivity contribution in [1.82, 2.24) is 20.6 Å². The number of carbonyl (C=O) groups excluding carboxylic acids is 3. The predicted molar refractivity (Wildman–Crippen MR) is 104 cm³/mol. The van der Waals surface area contributed by atoms with Crippen LogP contribution >= 0.6 is 0 Å². The molecule has 2 amide bonds. The van der Waals surface area contributed by atoms with Gasteiger partial charge in [0, 0.05) is 25.4 Å². The van der Waals surface area contributed by atoms with Gasteiger partial charge in [0.2, 0.25) is 17.8 Å². The zero-order valence-corrected chi connectivity index (χ0v) is 17.3. The lowest BCUT2D eigenvalue weighted by Gasteiger charge is -2.35. The van der Waals surface area contributed by atoms with E-state index < -0.39 is 35.6 Å². The van der Waals surface area contributed by atoms with Gasteiger partial charge < -0.3 is 15.0 Å². The molecule has 12 heteroatoms. The summed E-state index contributed by atoms with van der Waals surface area (Å²) in [5.41, 5.74) is -0.574. The summed E-state index contributed by atoms with van der Waals surface area (Å²) < 4.78 is 43.9. The third-order valence-corrected chi connectivity index (χ3v) is 6.46. The van der Waals surface area contributed by atoms with Gasteiger partial charge in [0.25, 0.3) is 0 Å². The number of esters is 1. The molecule has 4 heterocycles. The lowest BCUT2D eigenvalue weighted by molar-refractivity contribution is -0.209. The highest BCUT2D eigenvalue weighted by molar-refractivity contribution is 5.99. The first-order chi connectivity index (χ1) is 15.2. The number of halogens is 3. The number of aromatic nitrogens is 2. The number of hydrogen-bond acceptors (Lipinski definition) is 8. The first-order valence-corrected chi connectivity index (χ1v) is 10.6. The summed E-state index contributed by atoms with van der Waals surface area (Å²) in [6.45, 7) is 1.86. The predicted octanol–water partition coefficient (Wildman–Crippen LogP) is 1.40. The van der Waals surface area contributed by atoms with E-state index in [0.29, 0.717) is 0 Å². The van der Waals surface area contributed by atoms with Crippen LogP contribution in [-0.4, -0.2) is 59.8 Å². The summed E-state index contributed by atoms with van der Waals surface area (Å²) in [6, 6.07) is 0. The number of alkyl halides is 3. The van der Waals surface area contributed by atoms with Gasteiger partial charge in [0.1, 0.15) is 5.41 Å². The van der Waals surface area contributed by atoms with E-state index >= 15 is 0 Å². The normalized spacial score (nSPS) is 27.3. The van der Waals surface area contributed by atoms with Crippen molar-refractivity contribution < 1.29 is 32.3 Å². The monoisotopic (exact) mass is 455 g/mol. The molecule has 0 bridgehead atoms. The minimum atomic E-state index is -5.23. The maximum Gasteiger partial charge on any atom is 0.491 e. The Balaban J connectivity index is 1.63. The van der Waals surface area contributed by atoms with E-state index in [9.17, 15) is 27.6 Å². The second kappa shape index (κ2) is 8.64. The number of anilines is 1. The summed E-state index contributed by atoms with van der Waals surface area (Å²) in [7, 11) is 0. The Morgan fingerprint density at radius 3 is 2.50 bits per heavy atom. The van der Waals surface area contributed by atoms with Crippen molar-refractivity contribution in [2.75, 3.05) is 24.5 Å². The Morgan fingerprint density at radius 1 is 1.16 bits per heavy atom. The average molecular weight is 455 g/mol. The fourth-order valence-corrected chi connectivity index (χ4v) is 4.72. The first-order valence-electron chi connectivity index (χ1n) is 10.6. The summed E-state index contributed by atoms with van der Waals surface area (Å²) in [4.78, 5) is 46.3. The van der Waals surface area contributed by atoms with Gasteiger partial charge in [-0.3, -0.25) is 14.9 Å². The molecule has 0 aromatic carbocycles. The number of imide groups is 1. The van der Waals surface area contributed by atoms with Crippen molar-refractivity contribution in [1.29, 1.82) is 0 Å². The fourth-order valence-electron chi connectivity index (χ4n) is 4.72. The van der Waals surface area contributed by atoms with Crippen molar-refractivity contribution in [3.05, 3.63) is 18.0 Å². The van der Waals surface area contributed by atoms with Gasteiger partial charge in [-0.25, -0.2) is 14.8 Å².